The lowest BCUT2D eigenvalue weighted by Gasteiger charge is -2.25. The minimum absolute atomic E-state index is 0.179. The minimum Gasteiger partial charge on any atom is -0.336 e. The summed E-state index contributed by atoms with van der Waals surface area (Å²) in [5.41, 5.74) is 1.51. The molecule has 2 aromatic heterocycles. The molecule has 1 unspecified atom stereocenters. The summed E-state index contributed by atoms with van der Waals surface area (Å²) >= 11 is 0. The highest BCUT2D eigenvalue weighted by Gasteiger charge is 2.25. The van der Waals surface area contributed by atoms with Crippen molar-refractivity contribution in [2.45, 2.75) is 45.1 Å². The summed E-state index contributed by atoms with van der Waals surface area (Å²) in [6.45, 7) is 1.93. The Kier molecular flexibility index (Phi) is 6.07. The number of rotatable bonds is 7. The first-order valence-electron chi connectivity index (χ1n) is 11.7. The van der Waals surface area contributed by atoms with Crippen molar-refractivity contribution in [3.8, 4) is 0 Å². The molecule has 1 atom stereocenters. The molecule has 2 heterocycles. The number of amides is 1. The van der Waals surface area contributed by atoms with Gasteiger partial charge in [0.1, 0.15) is 17.2 Å². The number of fused-ring (bicyclic) bond motifs is 1. The fraction of sp³-hybridized carbons (Fsp3) is 0.308. The number of imidazole rings is 1. The van der Waals surface area contributed by atoms with Gasteiger partial charge in [0.25, 0.3) is 5.56 Å². The SMILES string of the molecule is CC(=O)Nc1ccc(C(Cc2ccccc2F)c2nc3c([nH]2)c(=O)[nH]c(=O)n3CC2CCC2)cc1. The molecule has 1 aliphatic rings. The smallest absolute Gasteiger partial charge is 0.330 e. The van der Waals surface area contributed by atoms with Gasteiger partial charge < -0.3 is 10.3 Å². The molecule has 1 aliphatic carbocycles. The Morgan fingerprint density at radius 3 is 2.54 bits per heavy atom. The van der Waals surface area contributed by atoms with E-state index in [4.69, 9.17) is 4.98 Å². The van der Waals surface area contributed by atoms with Crippen LogP contribution in [-0.4, -0.2) is 25.4 Å². The zero-order valence-electron chi connectivity index (χ0n) is 19.3. The standard InChI is InChI=1S/C26H26FN5O3/c1-15(33)28-19-11-9-17(10-12-19)20(13-18-7-2-3-8-21(18)27)23-29-22-24(30-23)32(14-16-5-4-6-16)26(35)31-25(22)34/h2-3,7-12,16,20H,4-6,13-14H2,1H3,(H,28,33)(H,29,30)(H,31,34,35). The number of aromatic nitrogens is 4. The Balaban J connectivity index is 1.60. The van der Waals surface area contributed by atoms with E-state index in [9.17, 15) is 18.8 Å². The summed E-state index contributed by atoms with van der Waals surface area (Å²) in [7, 11) is 0. The highest BCUT2D eigenvalue weighted by Crippen LogP contribution is 2.31. The van der Waals surface area contributed by atoms with Crippen molar-refractivity contribution < 1.29 is 9.18 Å². The normalized spacial score (nSPS) is 14.6. The van der Waals surface area contributed by atoms with Gasteiger partial charge in [-0.15, -0.1) is 0 Å². The number of hydrogen-bond donors (Lipinski definition) is 3. The lowest BCUT2D eigenvalue weighted by molar-refractivity contribution is -0.114. The largest absolute Gasteiger partial charge is 0.336 e. The Labute approximate surface area is 200 Å². The van der Waals surface area contributed by atoms with Crippen LogP contribution in [0.25, 0.3) is 11.2 Å². The van der Waals surface area contributed by atoms with Gasteiger partial charge in [-0.25, -0.2) is 14.2 Å². The number of hydrogen-bond acceptors (Lipinski definition) is 4. The summed E-state index contributed by atoms with van der Waals surface area (Å²) in [4.78, 5) is 46.8. The van der Waals surface area contributed by atoms with Crippen molar-refractivity contribution >= 4 is 22.8 Å². The van der Waals surface area contributed by atoms with Crippen LogP contribution in [0.2, 0.25) is 0 Å². The van der Waals surface area contributed by atoms with Gasteiger partial charge >= 0.3 is 5.69 Å². The number of benzene rings is 2. The Morgan fingerprint density at radius 1 is 1.14 bits per heavy atom. The minimum atomic E-state index is -0.528. The van der Waals surface area contributed by atoms with Crippen molar-refractivity contribution in [1.29, 1.82) is 0 Å². The molecule has 35 heavy (non-hydrogen) atoms. The molecule has 0 radical (unpaired) electrons. The van der Waals surface area contributed by atoms with E-state index in [0.29, 0.717) is 35.2 Å². The molecule has 0 spiro atoms. The second kappa shape index (κ2) is 9.32. The van der Waals surface area contributed by atoms with Gasteiger partial charge in [-0.05, 0) is 54.5 Å². The molecule has 1 fully saturated rings. The first-order valence-corrected chi connectivity index (χ1v) is 11.7. The molecular formula is C26H26FN5O3. The maximum absolute atomic E-state index is 14.6. The van der Waals surface area contributed by atoms with E-state index < -0.39 is 17.2 Å². The van der Waals surface area contributed by atoms with E-state index in [1.54, 1.807) is 30.3 Å². The van der Waals surface area contributed by atoms with E-state index in [1.165, 1.54) is 17.6 Å². The first kappa shape index (κ1) is 22.8. The van der Waals surface area contributed by atoms with Crippen molar-refractivity contribution in [3.05, 3.63) is 92.1 Å². The monoisotopic (exact) mass is 475 g/mol. The highest BCUT2D eigenvalue weighted by molar-refractivity contribution is 5.88. The van der Waals surface area contributed by atoms with E-state index >= 15 is 0 Å². The predicted molar refractivity (Wildman–Crippen MR) is 131 cm³/mol. The van der Waals surface area contributed by atoms with Crippen LogP contribution >= 0.6 is 0 Å². The summed E-state index contributed by atoms with van der Waals surface area (Å²) in [5.74, 6) is -0.0753. The molecule has 9 heteroatoms. The van der Waals surface area contributed by atoms with Crippen molar-refractivity contribution in [2.24, 2.45) is 5.92 Å². The summed E-state index contributed by atoms with van der Waals surface area (Å²) in [5, 5.41) is 2.74. The Bertz CT molecular complexity index is 1500. The molecular weight excluding hydrogens is 449 g/mol. The van der Waals surface area contributed by atoms with Gasteiger partial charge in [-0.1, -0.05) is 36.8 Å². The lowest BCUT2D eigenvalue weighted by Crippen LogP contribution is -2.33. The summed E-state index contributed by atoms with van der Waals surface area (Å²) in [6.07, 6.45) is 3.51. The van der Waals surface area contributed by atoms with Crippen LogP contribution in [0.4, 0.5) is 10.1 Å². The van der Waals surface area contributed by atoms with Crippen LogP contribution in [0.1, 0.15) is 49.1 Å². The molecule has 0 bridgehead atoms. The third-order valence-corrected chi connectivity index (χ3v) is 6.66. The van der Waals surface area contributed by atoms with Crippen LogP contribution in [0.15, 0.2) is 58.1 Å². The van der Waals surface area contributed by atoms with Gasteiger partial charge in [0.15, 0.2) is 5.65 Å². The molecule has 2 aromatic carbocycles. The average Bonchev–Trinajstić information content (AvgIpc) is 3.23. The van der Waals surface area contributed by atoms with E-state index in [1.807, 2.05) is 12.1 Å². The number of nitrogens with one attached hydrogen (secondary N) is 3. The molecule has 4 aromatic rings. The first-order chi connectivity index (χ1) is 16.9. The second-order valence-corrected chi connectivity index (χ2v) is 9.14. The summed E-state index contributed by atoms with van der Waals surface area (Å²) < 4.78 is 16.1. The molecule has 1 saturated carbocycles. The number of nitrogens with zero attached hydrogens (tertiary/aromatic N) is 2. The molecule has 3 N–H and O–H groups in total. The van der Waals surface area contributed by atoms with Crippen LogP contribution in [0, 0.1) is 11.7 Å². The summed E-state index contributed by atoms with van der Waals surface area (Å²) in [6, 6.07) is 13.8. The number of halogens is 1. The number of carbonyl (C=O) groups is 1. The number of H-pyrrole nitrogens is 2. The zero-order chi connectivity index (χ0) is 24.5. The molecule has 5 rings (SSSR count). The van der Waals surface area contributed by atoms with Gasteiger partial charge in [0.05, 0.1) is 0 Å². The van der Waals surface area contributed by atoms with Crippen LogP contribution in [0.5, 0.6) is 0 Å². The van der Waals surface area contributed by atoms with E-state index in [2.05, 4.69) is 15.3 Å². The van der Waals surface area contributed by atoms with Crippen molar-refractivity contribution in [1.82, 2.24) is 19.5 Å². The average molecular weight is 476 g/mol. The van der Waals surface area contributed by atoms with Crippen molar-refractivity contribution in [3.63, 3.8) is 0 Å². The van der Waals surface area contributed by atoms with Gasteiger partial charge in [0.2, 0.25) is 5.91 Å². The molecule has 8 nitrogen and oxygen atoms in total. The van der Waals surface area contributed by atoms with Crippen LogP contribution in [-0.2, 0) is 17.8 Å². The Morgan fingerprint density at radius 2 is 1.89 bits per heavy atom. The maximum atomic E-state index is 14.6. The maximum Gasteiger partial charge on any atom is 0.330 e. The quantitative estimate of drug-likeness (QED) is 0.378. The van der Waals surface area contributed by atoms with E-state index in [-0.39, 0.29) is 23.7 Å². The van der Waals surface area contributed by atoms with Gasteiger partial charge in [-0.2, -0.15) is 0 Å². The number of carbonyl (C=O) groups excluding carboxylic acids is 1. The van der Waals surface area contributed by atoms with E-state index in [0.717, 1.165) is 24.8 Å². The fourth-order valence-electron chi connectivity index (χ4n) is 4.59. The topological polar surface area (TPSA) is 113 Å². The van der Waals surface area contributed by atoms with Crippen molar-refractivity contribution in [2.75, 3.05) is 5.32 Å². The second-order valence-electron chi connectivity index (χ2n) is 9.14. The molecule has 180 valence electrons. The van der Waals surface area contributed by atoms with Crippen LogP contribution < -0.4 is 16.6 Å². The predicted octanol–water partition coefficient (Wildman–Crippen LogP) is 3.69. The zero-order valence-corrected chi connectivity index (χ0v) is 19.3. The van der Waals surface area contributed by atoms with Crippen LogP contribution in [0.3, 0.4) is 0 Å². The van der Waals surface area contributed by atoms with Gasteiger partial charge in [0, 0.05) is 25.1 Å². The number of anilines is 1. The highest BCUT2D eigenvalue weighted by atomic mass is 19.1. The third kappa shape index (κ3) is 4.66. The Hall–Kier alpha value is -4.01. The molecule has 1 amide bonds. The fourth-order valence-corrected chi connectivity index (χ4v) is 4.59. The lowest BCUT2D eigenvalue weighted by atomic mass is 9.85. The number of aromatic amines is 2. The van der Waals surface area contributed by atoms with Gasteiger partial charge in [-0.3, -0.25) is 19.1 Å². The third-order valence-electron chi connectivity index (χ3n) is 6.66. The molecule has 0 saturated heterocycles. The molecule has 0 aliphatic heterocycles.